The maximum Gasteiger partial charge on any atom is 0.140 e. The summed E-state index contributed by atoms with van der Waals surface area (Å²) < 4.78 is 5.13. The first-order chi connectivity index (χ1) is 9.22. The van der Waals surface area contributed by atoms with Gasteiger partial charge in [-0.15, -0.1) is 0 Å². The van der Waals surface area contributed by atoms with Crippen LogP contribution in [0.4, 0.5) is 0 Å². The van der Waals surface area contributed by atoms with Crippen molar-refractivity contribution in [2.24, 2.45) is 11.8 Å². The van der Waals surface area contributed by atoms with E-state index in [1.165, 1.54) is 19.3 Å². The molecule has 1 aromatic carbocycles. The number of carbonyl (C=O) groups excluding carboxylic acids is 1. The molecule has 0 aliphatic heterocycles. The number of methoxy groups -OCH3 is 1. The second-order valence-corrected chi connectivity index (χ2v) is 5.63. The first-order valence-electron chi connectivity index (χ1n) is 7.38. The average Bonchev–Trinajstić information content (AvgIpc) is 2.48. The molecule has 2 nitrogen and oxygen atoms in total. The highest BCUT2D eigenvalue weighted by atomic mass is 16.5. The molecule has 19 heavy (non-hydrogen) atoms. The van der Waals surface area contributed by atoms with E-state index in [4.69, 9.17) is 4.74 Å². The zero-order valence-electron chi connectivity index (χ0n) is 12.0. The van der Waals surface area contributed by atoms with Crippen molar-refractivity contribution in [3.8, 4) is 5.75 Å². The van der Waals surface area contributed by atoms with Crippen molar-refractivity contribution in [3.63, 3.8) is 0 Å². The predicted molar refractivity (Wildman–Crippen MR) is 77.4 cm³/mol. The normalized spacial score (nSPS) is 23.1. The van der Waals surface area contributed by atoms with Crippen molar-refractivity contribution in [3.05, 3.63) is 29.8 Å². The van der Waals surface area contributed by atoms with E-state index >= 15 is 0 Å². The van der Waals surface area contributed by atoms with Crippen LogP contribution < -0.4 is 4.74 Å². The molecule has 0 saturated heterocycles. The van der Waals surface area contributed by atoms with Crippen molar-refractivity contribution in [2.45, 2.75) is 45.4 Å². The Bertz CT molecular complexity index is 408. The van der Waals surface area contributed by atoms with Crippen molar-refractivity contribution in [1.29, 1.82) is 0 Å². The average molecular weight is 260 g/mol. The number of ether oxygens (including phenoxy) is 1. The lowest BCUT2D eigenvalue weighted by Crippen LogP contribution is -2.24. The van der Waals surface area contributed by atoms with Crippen molar-refractivity contribution >= 4 is 5.78 Å². The van der Waals surface area contributed by atoms with Crippen LogP contribution in [0.25, 0.3) is 0 Å². The molecular weight excluding hydrogens is 236 g/mol. The van der Waals surface area contributed by atoms with E-state index in [9.17, 15) is 4.79 Å². The number of hydrogen-bond acceptors (Lipinski definition) is 2. The zero-order chi connectivity index (χ0) is 13.7. The topological polar surface area (TPSA) is 26.3 Å². The molecule has 2 unspecified atom stereocenters. The van der Waals surface area contributed by atoms with E-state index in [1.807, 2.05) is 24.3 Å². The highest BCUT2D eigenvalue weighted by Gasteiger charge is 2.25. The highest BCUT2D eigenvalue weighted by molar-refractivity contribution is 5.83. The van der Waals surface area contributed by atoms with Gasteiger partial charge >= 0.3 is 0 Å². The highest BCUT2D eigenvalue weighted by Crippen LogP contribution is 2.32. The van der Waals surface area contributed by atoms with Crippen molar-refractivity contribution in [2.75, 3.05) is 7.11 Å². The predicted octanol–water partition coefficient (Wildman–Crippen LogP) is 4.02. The molecule has 104 valence electrons. The van der Waals surface area contributed by atoms with Gasteiger partial charge in [0, 0.05) is 12.3 Å². The van der Waals surface area contributed by atoms with Crippen LogP contribution in [0.15, 0.2) is 24.3 Å². The summed E-state index contributed by atoms with van der Waals surface area (Å²) in [6.45, 7) is 2.24. The maximum atomic E-state index is 12.4. The monoisotopic (exact) mass is 260 g/mol. The van der Waals surface area contributed by atoms with Gasteiger partial charge in [0.2, 0.25) is 0 Å². The van der Waals surface area contributed by atoms with Gasteiger partial charge in [-0.05, 0) is 36.5 Å². The maximum absolute atomic E-state index is 12.4. The third-order valence-corrected chi connectivity index (χ3v) is 4.35. The molecule has 1 fully saturated rings. The third-order valence-electron chi connectivity index (χ3n) is 4.35. The number of carbonyl (C=O) groups is 1. The lowest BCUT2D eigenvalue weighted by atomic mass is 9.77. The fourth-order valence-corrected chi connectivity index (χ4v) is 3.04. The van der Waals surface area contributed by atoms with Crippen molar-refractivity contribution in [1.82, 2.24) is 0 Å². The molecule has 1 saturated carbocycles. The lowest BCUT2D eigenvalue weighted by Gasteiger charge is -2.27. The van der Waals surface area contributed by atoms with Gasteiger partial charge in [-0.2, -0.15) is 0 Å². The smallest absolute Gasteiger partial charge is 0.140 e. The van der Waals surface area contributed by atoms with E-state index in [0.29, 0.717) is 18.1 Å². The zero-order valence-corrected chi connectivity index (χ0v) is 12.0. The Labute approximate surface area is 116 Å². The summed E-state index contributed by atoms with van der Waals surface area (Å²) >= 11 is 0. The van der Waals surface area contributed by atoms with Crippen LogP contribution in [0.2, 0.25) is 0 Å². The van der Waals surface area contributed by atoms with Gasteiger partial charge in [-0.1, -0.05) is 38.3 Å². The second kappa shape index (κ2) is 6.74. The van der Waals surface area contributed by atoms with Crippen LogP contribution >= 0.6 is 0 Å². The minimum absolute atomic E-state index is 0.292. The Morgan fingerprint density at radius 2 is 2.00 bits per heavy atom. The van der Waals surface area contributed by atoms with Gasteiger partial charge in [0.15, 0.2) is 0 Å². The van der Waals surface area contributed by atoms with Gasteiger partial charge in [0.1, 0.15) is 11.5 Å². The minimum Gasteiger partial charge on any atom is -0.497 e. The number of Topliss-reactive ketones (excluding diaryl/α,β-unsaturated/α-hetero) is 1. The van der Waals surface area contributed by atoms with Crippen LogP contribution in [-0.2, 0) is 11.2 Å². The van der Waals surface area contributed by atoms with Crippen LogP contribution in [0.5, 0.6) is 5.75 Å². The van der Waals surface area contributed by atoms with Crippen LogP contribution in [0, 0.1) is 11.8 Å². The van der Waals surface area contributed by atoms with Crippen molar-refractivity contribution < 1.29 is 9.53 Å². The van der Waals surface area contributed by atoms with E-state index in [2.05, 4.69) is 6.92 Å². The molecule has 2 rings (SSSR count). The standard InChI is InChI=1S/C17H24O2/c1-3-13-5-4-6-15(11-13)17(18)12-14-7-9-16(19-2)10-8-14/h7-10,13,15H,3-6,11-12H2,1-2H3. The molecule has 1 aromatic rings. The van der Waals surface area contributed by atoms with Crippen LogP contribution in [-0.4, -0.2) is 12.9 Å². The Balaban J connectivity index is 1.92. The molecule has 0 bridgehead atoms. The quantitative estimate of drug-likeness (QED) is 0.799. The van der Waals surface area contributed by atoms with Gasteiger partial charge in [-0.3, -0.25) is 4.79 Å². The summed E-state index contributed by atoms with van der Waals surface area (Å²) in [5.41, 5.74) is 1.10. The van der Waals surface area contributed by atoms with Gasteiger partial charge in [-0.25, -0.2) is 0 Å². The summed E-state index contributed by atoms with van der Waals surface area (Å²) in [4.78, 5) is 12.4. The Morgan fingerprint density at radius 1 is 1.26 bits per heavy atom. The number of ketones is 1. The van der Waals surface area contributed by atoms with Gasteiger partial charge in [0.05, 0.1) is 7.11 Å². The molecule has 0 heterocycles. The van der Waals surface area contributed by atoms with E-state index in [1.54, 1.807) is 7.11 Å². The third kappa shape index (κ3) is 3.82. The van der Waals surface area contributed by atoms with Crippen LogP contribution in [0.3, 0.4) is 0 Å². The Hall–Kier alpha value is -1.31. The second-order valence-electron chi connectivity index (χ2n) is 5.63. The van der Waals surface area contributed by atoms with Gasteiger partial charge < -0.3 is 4.74 Å². The van der Waals surface area contributed by atoms with E-state index < -0.39 is 0 Å². The summed E-state index contributed by atoms with van der Waals surface area (Å²) in [5, 5.41) is 0. The molecule has 0 N–H and O–H groups in total. The Morgan fingerprint density at radius 3 is 2.63 bits per heavy atom. The molecule has 0 radical (unpaired) electrons. The summed E-state index contributed by atoms with van der Waals surface area (Å²) in [7, 11) is 1.66. The van der Waals surface area contributed by atoms with Gasteiger partial charge in [0.25, 0.3) is 0 Å². The van der Waals surface area contributed by atoms with E-state index in [0.717, 1.165) is 30.1 Å². The number of rotatable bonds is 5. The minimum atomic E-state index is 0.292. The molecule has 2 heteroatoms. The summed E-state index contributed by atoms with van der Waals surface area (Å²) in [5.74, 6) is 2.32. The molecule has 0 spiro atoms. The summed E-state index contributed by atoms with van der Waals surface area (Å²) in [6, 6.07) is 7.85. The lowest BCUT2D eigenvalue weighted by molar-refractivity contribution is -0.123. The molecule has 1 aliphatic carbocycles. The molecule has 0 aromatic heterocycles. The molecular formula is C17H24O2. The summed E-state index contributed by atoms with van der Waals surface area (Å²) in [6.07, 6.45) is 6.51. The largest absolute Gasteiger partial charge is 0.497 e. The van der Waals surface area contributed by atoms with Crippen LogP contribution in [0.1, 0.15) is 44.6 Å². The number of benzene rings is 1. The molecule has 0 amide bonds. The SMILES string of the molecule is CCC1CCCC(C(=O)Cc2ccc(OC)cc2)C1. The molecule has 2 atom stereocenters. The fourth-order valence-electron chi connectivity index (χ4n) is 3.04. The number of hydrogen-bond donors (Lipinski definition) is 0. The first-order valence-corrected chi connectivity index (χ1v) is 7.38. The fraction of sp³-hybridized carbons (Fsp3) is 0.588. The first kappa shape index (κ1) is 14.1. The van der Waals surface area contributed by atoms with E-state index in [-0.39, 0.29) is 0 Å². The Kier molecular flexibility index (Phi) is 5.00. The molecule has 1 aliphatic rings.